The third-order valence-corrected chi connectivity index (χ3v) is 3.75. The summed E-state index contributed by atoms with van der Waals surface area (Å²) in [6.07, 6.45) is 2.12. The molecule has 1 fully saturated rings. The number of ether oxygens (including phenoxy) is 2. The molecule has 1 aliphatic heterocycles. The van der Waals surface area contributed by atoms with Gasteiger partial charge in [0.15, 0.2) is 0 Å². The van der Waals surface area contributed by atoms with E-state index < -0.39 is 0 Å². The number of aryl methyl sites for hydroxylation is 1. The van der Waals surface area contributed by atoms with E-state index in [2.05, 4.69) is 15.9 Å². The Kier molecular flexibility index (Phi) is 5.03. The fourth-order valence-corrected chi connectivity index (χ4v) is 2.86. The Morgan fingerprint density at radius 3 is 2.78 bits per heavy atom. The third-order valence-electron chi connectivity index (χ3n) is 3.29. The molecule has 1 N–H and O–H groups in total. The SMILES string of the molecule is Cc1cc(Br)cc(CO)c1OCC1CCOCC1. The second-order valence-electron chi connectivity index (χ2n) is 4.74. The first kappa shape index (κ1) is 13.8. The average Bonchev–Trinajstić information content (AvgIpc) is 2.38. The van der Waals surface area contributed by atoms with Crippen LogP contribution >= 0.6 is 15.9 Å². The fraction of sp³-hybridized carbons (Fsp3) is 0.571. The van der Waals surface area contributed by atoms with Gasteiger partial charge in [-0.2, -0.15) is 0 Å². The molecule has 1 aromatic carbocycles. The molecule has 0 saturated carbocycles. The van der Waals surface area contributed by atoms with Gasteiger partial charge >= 0.3 is 0 Å². The molecule has 0 unspecified atom stereocenters. The van der Waals surface area contributed by atoms with Gasteiger partial charge in [-0.05, 0) is 43.4 Å². The van der Waals surface area contributed by atoms with E-state index in [1.807, 2.05) is 19.1 Å². The zero-order valence-electron chi connectivity index (χ0n) is 10.6. The van der Waals surface area contributed by atoms with Crippen LogP contribution in [0.25, 0.3) is 0 Å². The lowest BCUT2D eigenvalue weighted by Crippen LogP contribution is -2.22. The Morgan fingerprint density at radius 2 is 2.11 bits per heavy atom. The smallest absolute Gasteiger partial charge is 0.127 e. The van der Waals surface area contributed by atoms with Crippen molar-refractivity contribution in [2.24, 2.45) is 5.92 Å². The second kappa shape index (κ2) is 6.55. The summed E-state index contributed by atoms with van der Waals surface area (Å²) in [7, 11) is 0. The number of rotatable bonds is 4. The quantitative estimate of drug-likeness (QED) is 0.928. The summed E-state index contributed by atoms with van der Waals surface area (Å²) in [4.78, 5) is 0. The molecule has 0 atom stereocenters. The van der Waals surface area contributed by atoms with Gasteiger partial charge in [0.05, 0.1) is 13.2 Å². The Bertz CT molecular complexity index is 400. The molecule has 0 bridgehead atoms. The zero-order valence-corrected chi connectivity index (χ0v) is 12.2. The maximum Gasteiger partial charge on any atom is 0.127 e. The summed E-state index contributed by atoms with van der Waals surface area (Å²) >= 11 is 3.43. The summed E-state index contributed by atoms with van der Waals surface area (Å²) < 4.78 is 12.2. The van der Waals surface area contributed by atoms with E-state index >= 15 is 0 Å². The molecular weight excluding hydrogens is 296 g/mol. The van der Waals surface area contributed by atoms with Gasteiger partial charge < -0.3 is 14.6 Å². The second-order valence-corrected chi connectivity index (χ2v) is 5.65. The van der Waals surface area contributed by atoms with Crippen LogP contribution < -0.4 is 4.74 Å². The Balaban J connectivity index is 2.03. The predicted molar refractivity (Wildman–Crippen MR) is 73.8 cm³/mol. The van der Waals surface area contributed by atoms with E-state index in [1.165, 1.54) is 0 Å². The van der Waals surface area contributed by atoms with Crippen LogP contribution in [0.5, 0.6) is 5.75 Å². The van der Waals surface area contributed by atoms with Crippen LogP contribution in [-0.2, 0) is 11.3 Å². The summed E-state index contributed by atoms with van der Waals surface area (Å²) in [5.74, 6) is 1.39. The number of hydrogen-bond donors (Lipinski definition) is 1. The van der Waals surface area contributed by atoms with Gasteiger partial charge in [-0.15, -0.1) is 0 Å². The first-order valence-corrected chi connectivity index (χ1v) is 7.10. The van der Waals surface area contributed by atoms with Gasteiger partial charge in [-0.1, -0.05) is 15.9 Å². The first-order chi connectivity index (χ1) is 8.70. The van der Waals surface area contributed by atoms with Crippen LogP contribution in [0.1, 0.15) is 24.0 Å². The van der Waals surface area contributed by atoms with E-state index in [0.717, 1.165) is 47.4 Å². The number of aliphatic hydroxyl groups is 1. The van der Waals surface area contributed by atoms with Crippen molar-refractivity contribution in [1.29, 1.82) is 0 Å². The number of hydrogen-bond acceptors (Lipinski definition) is 3. The Hall–Kier alpha value is -0.580. The highest BCUT2D eigenvalue weighted by Gasteiger charge is 2.16. The molecule has 3 nitrogen and oxygen atoms in total. The molecule has 18 heavy (non-hydrogen) atoms. The monoisotopic (exact) mass is 314 g/mol. The standard InChI is InChI=1S/C14H19BrO3/c1-10-6-13(15)7-12(8-16)14(10)18-9-11-2-4-17-5-3-11/h6-7,11,16H,2-5,8-9H2,1H3. The number of benzene rings is 1. The lowest BCUT2D eigenvalue weighted by molar-refractivity contribution is 0.0493. The minimum Gasteiger partial charge on any atom is -0.493 e. The minimum atomic E-state index is 0.00336. The molecule has 1 saturated heterocycles. The maximum atomic E-state index is 9.38. The van der Waals surface area contributed by atoms with Crippen LogP contribution in [0, 0.1) is 12.8 Å². The molecule has 0 amide bonds. The van der Waals surface area contributed by atoms with Crippen LogP contribution in [-0.4, -0.2) is 24.9 Å². The molecule has 4 heteroatoms. The fourth-order valence-electron chi connectivity index (χ4n) is 2.24. The van der Waals surface area contributed by atoms with Crippen molar-refractivity contribution in [2.45, 2.75) is 26.4 Å². The number of aliphatic hydroxyl groups excluding tert-OH is 1. The molecule has 1 aliphatic rings. The maximum absolute atomic E-state index is 9.38. The van der Waals surface area contributed by atoms with Gasteiger partial charge in [0, 0.05) is 23.2 Å². The Morgan fingerprint density at radius 1 is 1.39 bits per heavy atom. The van der Waals surface area contributed by atoms with Crippen LogP contribution in [0.15, 0.2) is 16.6 Å². The molecule has 0 spiro atoms. The molecule has 1 aromatic rings. The van der Waals surface area contributed by atoms with Crippen LogP contribution in [0.3, 0.4) is 0 Å². The highest BCUT2D eigenvalue weighted by atomic mass is 79.9. The topological polar surface area (TPSA) is 38.7 Å². The normalized spacial score (nSPS) is 16.8. The molecule has 0 aromatic heterocycles. The molecular formula is C14H19BrO3. The van der Waals surface area contributed by atoms with Crippen molar-refractivity contribution in [3.05, 3.63) is 27.7 Å². The van der Waals surface area contributed by atoms with Gasteiger partial charge in [0.1, 0.15) is 5.75 Å². The Labute approximate surface area is 116 Å². The van der Waals surface area contributed by atoms with Gasteiger partial charge in [0.2, 0.25) is 0 Å². The summed E-state index contributed by atoms with van der Waals surface area (Å²) in [6, 6.07) is 3.92. The lowest BCUT2D eigenvalue weighted by atomic mass is 10.0. The van der Waals surface area contributed by atoms with Crippen LogP contribution in [0.4, 0.5) is 0 Å². The van der Waals surface area contributed by atoms with Gasteiger partial charge in [-0.25, -0.2) is 0 Å². The van der Waals surface area contributed by atoms with E-state index in [4.69, 9.17) is 9.47 Å². The van der Waals surface area contributed by atoms with Gasteiger partial charge in [0.25, 0.3) is 0 Å². The van der Waals surface area contributed by atoms with E-state index in [0.29, 0.717) is 12.5 Å². The minimum absolute atomic E-state index is 0.00336. The van der Waals surface area contributed by atoms with E-state index in [-0.39, 0.29) is 6.61 Å². The highest BCUT2D eigenvalue weighted by Crippen LogP contribution is 2.29. The predicted octanol–water partition coefficient (Wildman–Crippen LogP) is 3.06. The van der Waals surface area contributed by atoms with E-state index in [1.54, 1.807) is 0 Å². The van der Waals surface area contributed by atoms with Crippen molar-refractivity contribution in [1.82, 2.24) is 0 Å². The molecule has 2 rings (SSSR count). The molecule has 0 radical (unpaired) electrons. The largest absolute Gasteiger partial charge is 0.493 e. The van der Waals surface area contributed by atoms with Gasteiger partial charge in [-0.3, -0.25) is 0 Å². The summed E-state index contributed by atoms with van der Waals surface area (Å²) in [5.41, 5.74) is 1.90. The van der Waals surface area contributed by atoms with Crippen molar-refractivity contribution in [2.75, 3.05) is 19.8 Å². The molecule has 0 aliphatic carbocycles. The first-order valence-electron chi connectivity index (χ1n) is 6.31. The zero-order chi connectivity index (χ0) is 13.0. The van der Waals surface area contributed by atoms with Crippen molar-refractivity contribution in [3.8, 4) is 5.75 Å². The average molecular weight is 315 g/mol. The van der Waals surface area contributed by atoms with E-state index in [9.17, 15) is 5.11 Å². The summed E-state index contributed by atoms with van der Waals surface area (Å²) in [6.45, 7) is 4.38. The number of halogens is 1. The lowest BCUT2D eigenvalue weighted by Gasteiger charge is -2.23. The third kappa shape index (κ3) is 3.46. The molecule has 100 valence electrons. The molecule has 1 heterocycles. The van der Waals surface area contributed by atoms with Crippen LogP contribution in [0.2, 0.25) is 0 Å². The van der Waals surface area contributed by atoms with Crippen molar-refractivity contribution in [3.63, 3.8) is 0 Å². The van der Waals surface area contributed by atoms with Crippen molar-refractivity contribution < 1.29 is 14.6 Å². The summed E-state index contributed by atoms with van der Waals surface area (Å²) in [5, 5.41) is 9.38. The highest BCUT2D eigenvalue weighted by molar-refractivity contribution is 9.10. The van der Waals surface area contributed by atoms with Crippen molar-refractivity contribution >= 4 is 15.9 Å².